The molecule has 0 saturated carbocycles. The molecule has 0 fully saturated rings. The van der Waals surface area contributed by atoms with Gasteiger partial charge in [-0.15, -0.1) is 0 Å². The molecule has 0 aromatic heterocycles. The average Bonchev–Trinajstić information content (AvgIpc) is 3.18. The second-order valence-electron chi connectivity index (χ2n) is 8.24. The molecule has 0 saturated heterocycles. The minimum absolute atomic E-state index is 0.0181. The minimum atomic E-state index is -0.874. The van der Waals surface area contributed by atoms with Crippen LogP contribution in [0.2, 0.25) is 0 Å². The fraction of sp³-hybridized carbons (Fsp3) is 0.348. The Morgan fingerprint density at radius 1 is 0.967 bits per heavy atom. The van der Waals surface area contributed by atoms with E-state index < -0.39 is 20.5 Å². The Labute approximate surface area is 178 Å². The van der Waals surface area contributed by atoms with Crippen molar-refractivity contribution in [1.82, 2.24) is 0 Å². The lowest BCUT2D eigenvalue weighted by atomic mass is 9.76. The highest BCUT2D eigenvalue weighted by molar-refractivity contribution is 7.73. The summed E-state index contributed by atoms with van der Waals surface area (Å²) in [4.78, 5) is 16.2. The smallest absolute Gasteiger partial charge is 0.340 e. The summed E-state index contributed by atoms with van der Waals surface area (Å²) in [6, 6.07) is 10.1. The van der Waals surface area contributed by atoms with E-state index in [1.54, 1.807) is 0 Å². The predicted octanol–water partition coefficient (Wildman–Crippen LogP) is 4.16. The monoisotopic (exact) mass is 441 g/mol. The Morgan fingerprint density at radius 3 is 2.30 bits per heavy atom. The first-order valence-corrected chi connectivity index (χ1v) is 14.0. The Morgan fingerprint density at radius 2 is 1.63 bits per heavy atom. The summed E-state index contributed by atoms with van der Waals surface area (Å²) in [6.45, 7) is 7.59. The third-order valence-electron chi connectivity index (χ3n) is 6.02. The zero-order valence-electron chi connectivity index (χ0n) is 17.5. The van der Waals surface area contributed by atoms with Crippen LogP contribution >= 0.6 is 15.1 Å². The highest BCUT2D eigenvalue weighted by atomic mass is 31.2. The van der Waals surface area contributed by atoms with Gasteiger partial charge in [0.1, 0.15) is 44.3 Å². The molecule has 0 aliphatic carbocycles. The second kappa shape index (κ2) is 6.83. The molecule has 154 valence electrons. The molecular formula is C23H25NO4P2+2. The lowest BCUT2D eigenvalue weighted by Gasteiger charge is -2.24. The van der Waals surface area contributed by atoms with E-state index in [1.807, 2.05) is 17.0 Å². The van der Waals surface area contributed by atoms with Crippen LogP contribution in [-0.4, -0.2) is 57.2 Å². The van der Waals surface area contributed by atoms with E-state index in [4.69, 9.17) is 14.2 Å². The average molecular weight is 441 g/mol. The summed E-state index contributed by atoms with van der Waals surface area (Å²) in [7, 11) is -1.29. The van der Waals surface area contributed by atoms with Gasteiger partial charge in [0, 0.05) is 17.2 Å². The molecule has 3 atom stereocenters. The topological polar surface area (TPSA) is 48.0 Å². The number of carbonyl (C=O) groups excluding carboxylic acids is 1. The molecule has 1 amide bonds. The van der Waals surface area contributed by atoms with Crippen LogP contribution in [0.15, 0.2) is 30.3 Å². The number of aryl methyl sites for hydroxylation is 1. The molecule has 30 heavy (non-hydrogen) atoms. The van der Waals surface area contributed by atoms with Gasteiger partial charge in [-0.3, -0.25) is 4.79 Å². The Hall–Kier alpha value is -2.35. The number of nitrogens with zero attached hydrogens (tertiary/aromatic N) is 1. The van der Waals surface area contributed by atoms with Crippen LogP contribution in [0.25, 0.3) is 0 Å². The Bertz CT molecular complexity index is 1110. The highest BCUT2D eigenvalue weighted by Crippen LogP contribution is 2.58. The molecule has 1 spiro atoms. The van der Waals surface area contributed by atoms with E-state index in [0.29, 0.717) is 30.5 Å². The molecule has 0 bridgehead atoms. The first-order valence-electron chi connectivity index (χ1n) is 9.93. The number of anilines is 1. The summed E-state index contributed by atoms with van der Waals surface area (Å²) in [5, 5.41) is 0. The van der Waals surface area contributed by atoms with Crippen LogP contribution in [0.3, 0.4) is 0 Å². The van der Waals surface area contributed by atoms with Crippen molar-refractivity contribution in [3.05, 3.63) is 47.0 Å². The van der Waals surface area contributed by atoms with Gasteiger partial charge >= 0.3 is 5.52 Å². The van der Waals surface area contributed by atoms with Gasteiger partial charge in [-0.2, -0.15) is 0 Å². The van der Waals surface area contributed by atoms with E-state index in [1.165, 1.54) is 0 Å². The first-order chi connectivity index (χ1) is 14.3. The van der Waals surface area contributed by atoms with E-state index in [-0.39, 0.29) is 18.0 Å². The van der Waals surface area contributed by atoms with Gasteiger partial charge in [0.2, 0.25) is 0 Å². The van der Waals surface area contributed by atoms with Crippen LogP contribution in [0, 0.1) is 6.92 Å². The fourth-order valence-electron chi connectivity index (χ4n) is 4.78. The summed E-state index contributed by atoms with van der Waals surface area (Å²) in [5.74, 6) is 2.10. The number of amides is 1. The number of hydrogen-bond acceptors (Lipinski definition) is 4. The third kappa shape index (κ3) is 2.58. The molecule has 2 aromatic rings. The summed E-state index contributed by atoms with van der Waals surface area (Å²) >= 11 is 0. The molecule has 5 nitrogen and oxygen atoms in total. The van der Waals surface area contributed by atoms with Crippen molar-refractivity contribution in [2.75, 3.05) is 38.1 Å². The van der Waals surface area contributed by atoms with Crippen molar-refractivity contribution >= 4 is 39.3 Å². The second-order valence-corrected chi connectivity index (χ2v) is 12.7. The van der Waals surface area contributed by atoms with Gasteiger partial charge in [-0.1, -0.05) is 17.7 Å². The SMILES string of the molecule is C=[P+](C)C(N1C(=O)C2(COc3cc4c(cc32)OCCO4)c2cc(C)ccc21)[P+](=C)C. The largest absolute Gasteiger partial charge is 0.491 e. The van der Waals surface area contributed by atoms with E-state index in [2.05, 4.69) is 51.1 Å². The molecule has 3 unspecified atom stereocenters. The van der Waals surface area contributed by atoms with E-state index >= 15 is 0 Å². The van der Waals surface area contributed by atoms with Crippen molar-refractivity contribution in [3.8, 4) is 17.2 Å². The van der Waals surface area contributed by atoms with Gasteiger partial charge < -0.3 is 14.2 Å². The number of rotatable bonds is 3. The number of hydrogen-bond donors (Lipinski definition) is 0. The van der Waals surface area contributed by atoms with Crippen molar-refractivity contribution in [2.24, 2.45) is 0 Å². The van der Waals surface area contributed by atoms with Crippen molar-refractivity contribution < 1.29 is 19.0 Å². The number of benzene rings is 2. The summed E-state index contributed by atoms with van der Waals surface area (Å²) in [6.07, 6.45) is 8.65. The molecule has 0 N–H and O–H groups in total. The number of carbonyl (C=O) groups is 1. The van der Waals surface area contributed by atoms with Crippen LogP contribution < -0.4 is 19.1 Å². The molecule has 0 radical (unpaired) electrons. The van der Waals surface area contributed by atoms with Crippen LogP contribution in [-0.2, 0) is 10.2 Å². The lowest BCUT2D eigenvalue weighted by molar-refractivity contribution is -0.122. The molecule has 3 aliphatic rings. The first kappa shape index (κ1) is 19.6. The normalized spacial score (nSPS) is 23.0. The molecule has 3 heterocycles. The molecule has 7 heteroatoms. The maximum absolute atomic E-state index is 14.2. The minimum Gasteiger partial charge on any atom is -0.491 e. The van der Waals surface area contributed by atoms with Crippen LogP contribution in [0.1, 0.15) is 16.7 Å². The Balaban J connectivity index is 1.75. The van der Waals surface area contributed by atoms with Crippen molar-refractivity contribution in [3.63, 3.8) is 0 Å². The number of ether oxygens (including phenoxy) is 3. The van der Waals surface area contributed by atoms with Gasteiger partial charge in [-0.25, -0.2) is 4.90 Å². The van der Waals surface area contributed by atoms with Gasteiger partial charge in [0.15, 0.2) is 26.6 Å². The molecule has 3 aliphatic heterocycles. The summed E-state index contributed by atoms with van der Waals surface area (Å²) < 4.78 is 17.7. The van der Waals surface area contributed by atoms with Crippen LogP contribution in [0.4, 0.5) is 5.69 Å². The van der Waals surface area contributed by atoms with Crippen molar-refractivity contribution in [2.45, 2.75) is 17.9 Å². The van der Waals surface area contributed by atoms with Gasteiger partial charge in [0.05, 0.1) is 18.3 Å². The van der Waals surface area contributed by atoms with Gasteiger partial charge in [0.25, 0.3) is 5.91 Å². The molecular weight excluding hydrogens is 416 g/mol. The zero-order chi connectivity index (χ0) is 21.2. The molecule has 5 rings (SSSR count). The third-order valence-corrected chi connectivity index (χ3v) is 10.4. The predicted molar refractivity (Wildman–Crippen MR) is 126 cm³/mol. The summed E-state index contributed by atoms with van der Waals surface area (Å²) in [5.41, 5.74) is 3.08. The van der Waals surface area contributed by atoms with Crippen molar-refractivity contribution in [1.29, 1.82) is 0 Å². The maximum Gasteiger partial charge on any atom is 0.340 e. The quantitative estimate of drug-likeness (QED) is 0.672. The lowest BCUT2D eigenvalue weighted by Crippen LogP contribution is -2.45. The van der Waals surface area contributed by atoms with Gasteiger partial charge in [-0.05, 0) is 19.1 Å². The highest BCUT2D eigenvalue weighted by Gasteiger charge is 2.61. The standard InChI is InChI=1S/C23H25NO4P2/c1-14-6-7-17-15(10-14)23(21(25)24(17)22(29(2)3)30(4)5)13-28-18-12-20-19(11-16(18)23)26-8-9-27-20/h6-7,10-12,22H,2,4,8-9,13H2,1,3,5H3/q+2. The van der Waals surface area contributed by atoms with E-state index in [0.717, 1.165) is 22.4 Å². The van der Waals surface area contributed by atoms with Crippen LogP contribution in [0.5, 0.6) is 17.2 Å². The van der Waals surface area contributed by atoms with E-state index in [9.17, 15) is 4.79 Å². The molecule has 2 aromatic carbocycles. The number of fused-ring (bicyclic) bond motifs is 5. The Kier molecular flexibility index (Phi) is 4.47. The maximum atomic E-state index is 14.2. The fourth-order valence-corrected chi connectivity index (χ4v) is 8.72. The zero-order valence-corrected chi connectivity index (χ0v) is 19.3.